The molecule has 0 aliphatic carbocycles. The molecule has 0 fully saturated rings. The summed E-state index contributed by atoms with van der Waals surface area (Å²) < 4.78 is 5.57. The third-order valence-electron chi connectivity index (χ3n) is 3.73. The minimum atomic E-state index is -0.397. The maximum absolute atomic E-state index is 12.5. The molecule has 2 aromatic carbocycles. The number of aromatic hydroxyl groups is 1. The SMILES string of the molecule is Cc1[nH]c2ccc(O)cc2c1C(=O)OC(C)c1ccccc1. The lowest BCUT2D eigenvalue weighted by Crippen LogP contribution is -2.10. The van der Waals surface area contributed by atoms with Gasteiger partial charge in [0.25, 0.3) is 0 Å². The van der Waals surface area contributed by atoms with Crippen molar-refractivity contribution >= 4 is 16.9 Å². The number of nitrogens with one attached hydrogen (secondary N) is 1. The summed E-state index contributed by atoms with van der Waals surface area (Å²) in [5.41, 5.74) is 2.94. The number of rotatable bonds is 3. The highest BCUT2D eigenvalue weighted by atomic mass is 16.5. The van der Waals surface area contributed by atoms with Crippen LogP contribution in [0.25, 0.3) is 10.9 Å². The highest BCUT2D eigenvalue weighted by Crippen LogP contribution is 2.28. The Morgan fingerprint density at radius 2 is 1.91 bits per heavy atom. The molecule has 0 spiro atoms. The second-order valence-corrected chi connectivity index (χ2v) is 5.31. The molecule has 3 aromatic rings. The molecule has 0 saturated carbocycles. The van der Waals surface area contributed by atoms with Crippen molar-refractivity contribution in [3.63, 3.8) is 0 Å². The number of aromatic nitrogens is 1. The number of fused-ring (bicyclic) bond motifs is 1. The number of H-pyrrole nitrogens is 1. The zero-order chi connectivity index (χ0) is 15.7. The standard InChI is InChI=1S/C18H17NO3/c1-11-17(15-10-14(20)8-9-16(15)19-11)18(21)22-12(2)13-6-4-3-5-7-13/h3-10,12,19-20H,1-2H3. The van der Waals surface area contributed by atoms with Gasteiger partial charge in [-0.15, -0.1) is 0 Å². The Morgan fingerprint density at radius 1 is 1.18 bits per heavy atom. The van der Waals surface area contributed by atoms with Gasteiger partial charge < -0.3 is 14.8 Å². The van der Waals surface area contributed by atoms with E-state index in [1.807, 2.05) is 44.2 Å². The van der Waals surface area contributed by atoms with Crippen LogP contribution in [0.2, 0.25) is 0 Å². The fourth-order valence-electron chi connectivity index (χ4n) is 2.59. The summed E-state index contributed by atoms with van der Waals surface area (Å²) >= 11 is 0. The smallest absolute Gasteiger partial charge is 0.341 e. The van der Waals surface area contributed by atoms with Crippen LogP contribution in [-0.2, 0) is 4.74 Å². The van der Waals surface area contributed by atoms with E-state index in [4.69, 9.17) is 4.74 Å². The van der Waals surface area contributed by atoms with Crippen LogP contribution in [0.1, 0.15) is 34.6 Å². The van der Waals surface area contributed by atoms with E-state index in [0.717, 1.165) is 16.8 Å². The summed E-state index contributed by atoms with van der Waals surface area (Å²) in [6, 6.07) is 14.5. The number of aromatic amines is 1. The Bertz CT molecular complexity index is 821. The molecule has 112 valence electrons. The van der Waals surface area contributed by atoms with E-state index in [2.05, 4.69) is 4.98 Å². The van der Waals surface area contributed by atoms with Gasteiger partial charge in [0.2, 0.25) is 0 Å². The number of esters is 1. The minimum absolute atomic E-state index is 0.122. The van der Waals surface area contributed by atoms with Gasteiger partial charge in [0.15, 0.2) is 0 Å². The summed E-state index contributed by atoms with van der Waals surface area (Å²) in [4.78, 5) is 15.6. The normalized spacial score (nSPS) is 12.3. The van der Waals surface area contributed by atoms with Crippen molar-refractivity contribution in [2.75, 3.05) is 0 Å². The monoisotopic (exact) mass is 295 g/mol. The molecular weight excluding hydrogens is 278 g/mol. The second-order valence-electron chi connectivity index (χ2n) is 5.31. The van der Waals surface area contributed by atoms with Gasteiger partial charge in [0, 0.05) is 16.6 Å². The first-order valence-electron chi connectivity index (χ1n) is 7.13. The number of benzene rings is 2. The Morgan fingerprint density at radius 3 is 2.64 bits per heavy atom. The van der Waals surface area contributed by atoms with Gasteiger partial charge in [0.1, 0.15) is 11.9 Å². The zero-order valence-electron chi connectivity index (χ0n) is 12.5. The van der Waals surface area contributed by atoms with Crippen molar-refractivity contribution in [1.29, 1.82) is 0 Å². The molecular formula is C18H17NO3. The Hall–Kier alpha value is -2.75. The van der Waals surface area contributed by atoms with Crippen LogP contribution in [0.4, 0.5) is 0 Å². The van der Waals surface area contributed by atoms with Crippen LogP contribution in [0.15, 0.2) is 48.5 Å². The average molecular weight is 295 g/mol. The van der Waals surface area contributed by atoms with Crippen molar-refractivity contribution in [1.82, 2.24) is 4.98 Å². The number of phenolic OH excluding ortho intramolecular Hbond substituents is 1. The van der Waals surface area contributed by atoms with Crippen molar-refractivity contribution in [3.8, 4) is 5.75 Å². The summed E-state index contributed by atoms with van der Waals surface area (Å²) in [7, 11) is 0. The molecule has 0 aliphatic heterocycles. The quantitative estimate of drug-likeness (QED) is 0.715. The molecule has 4 nitrogen and oxygen atoms in total. The first kappa shape index (κ1) is 14.2. The predicted octanol–water partition coefficient (Wildman–Crippen LogP) is 4.10. The average Bonchev–Trinajstić information content (AvgIpc) is 2.83. The number of hydrogen-bond acceptors (Lipinski definition) is 3. The van der Waals surface area contributed by atoms with E-state index in [-0.39, 0.29) is 11.9 Å². The molecule has 1 atom stereocenters. The summed E-state index contributed by atoms with van der Waals surface area (Å²) in [5, 5.41) is 10.3. The first-order valence-corrected chi connectivity index (χ1v) is 7.13. The van der Waals surface area contributed by atoms with Gasteiger partial charge in [-0.1, -0.05) is 30.3 Å². The number of ether oxygens (including phenoxy) is 1. The lowest BCUT2D eigenvalue weighted by Gasteiger charge is -2.13. The van der Waals surface area contributed by atoms with Gasteiger partial charge in [-0.3, -0.25) is 0 Å². The van der Waals surface area contributed by atoms with Gasteiger partial charge in [-0.25, -0.2) is 4.79 Å². The molecule has 1 heterocycles. The molecule has 2 N–H and O–H groups in total. The lowest BCUT2D eigenvalue weighted by atomic mass is 10.1. The molecule has 0 radical (unpaired) electrons. The number of hydrogen-bond donors (Lipinski definition) is 2. The molecule has 0 aliphatic rings. The largest absolute Gasteiger partial charge is 0.508 e. The predicted molar refractivity (Wildman–Crippen MR) is 85.0 cm³/mol. The van der Waals surface area contributed by atoms with E-state index >= 15 is 0 Å². The van der Waals surface area contributed by atoms with Crippen molar-refractivity contribution < 1.29 is 14.6 Å². The topological polar surface area (TPSA) is 62.3 Å². The zero-order valence-corrected chi connectivity index (χ0v) is 12.5. The van der Waals surface area contributed by atoms with Gasteiger partial charge >= 0.3 is 5.97 Å². The van der Waals surface area contributed by atoms with Crippen LogP contribution >= 0.6 is 0 Å². The fourth-order valence-corrected chi connectivity index (χ4v) is 2.59. The Labute approximate surface area is 128 Å². The van der Waals surface area contributed by atoms with Crippen molar-refractivity contribution in [2.24, 2.45) is 0 Å². The maximum Gasteiger partial charge on any atom is 0.341 e. The third-order valence-corrected chi connectivity index (χ3v) is 3.73. The van der Waals surface area contributed by atoms with Crippen LogP contribution in [0.3, 0.4) is 0 Å². The van der Waals surface area contributed by atoms with Gasteiger partial charge in [-0.05, 0) is 37.6 Å². The molecule has 0 saturated heterocycles. The Balaban J connectivity index is 1.92. The molecule has 0 amide bonds. The van der Waals surface area contributed by atoms with E-state index in [0.29, 0.717) is 10.9 Å². The minimum Gasteiger partial charge on any atom is -0.508 e. The molecule has 4 heteroatoms. The number of aryl methyl sites for hydroxylation is 1. The van der Waals surface area contributed by atoms with Crippen molar-refractivity contribution in [2.45, 2.75) is 20.0 Å². The summed E-state index contributed by atoms with van der Waals surface area (Å²) in [6.07, 6.45) is -0.338. The number of carbonyl (C=O) groups is 1. The molecule has 1 aromatic heterocycles. The van der Waals surface area contributed by atoms with Crippen LogP contribution < -0.4 is 0 Å². The maximum atomic E-state index is 12.5. The van der Waals surface area contributed by atoms with E-state index < -0.39 is 5.97 Å². The highest BCUT2D eigenvalue weighted by molar-refractivity contribution is 6.06. The number of phenols is 1. The van der Waals surface area contributed by atoms with Crippen molar-refractivity contribution in [3.05, 3.63) is 65.4 Å². The first-order chi connectivity index (χ1) is 10.6. The van der Waals surface area contributed by atoms with E-state index in [1.54, 1.807) is 18.2 Å². The molecule has 3 rings (SSSR count). The second kappa shape index (κ2) is 5.56. The highest BCUT2D eigenvalue weighted by Gasteiger charge is 2.20. The van der Waals surface area contributed by atoms with Crippen LogP contribution in [0, 0.1) is 6.92 Å². The van der Waals surface area contributed by atoms with Gasteiger partial charge in [-0.2, -0.15) is 0 Å². The molecule has 22 heavy (non-hydrogen) atoms. The molecule has 1 unspecified atom stereocenters. The van der Waals surface area contributed by atoms with Gasteiger partial charge in [0.05, 0.1) is 5.56 Å². The van der Waals surface area contributed by atoms with E-state index in [9.17, 15) is 9.90 Å². The van der Waals surface area contributed by atoms with Crippen LogP contribution in [0.5, 0.6) is 5.75 Å². The van der Waals surface area contributed by atoms with Crippen LogP contribution in [-0.4, -0.2) is 16.1 Å². The third kappa shape index (κ3) is 2.55. The Kier molecular flexibility index (Phi) is 3.59. The molecule has 0 bridgehead atoms. The fraction of sp³-hybridized carbons (Fsp3) is 0.167. The number of carbonyl (C=O) groups excluding carboxylic acids is 1. The van der Waals surface area contributed by atoms with E-state index in [1.165, 1.54) is 0 Å². The lowest BCUT2D eigenvalue weighted by molar-refractivity contribution is 0.0339. The summed E-state index contributed by atoms with van der Waals surface area (Å²) in [6.45, 7) is 3.66. The summed E-state index contributed by atoms with van der Waals surface area (Å²) in [5.74, 6) is -0.276.